The van der Waals surface area contributed by atoms with Crippen LogP contribution in [0.1, 0.15) is 28.2 Å². The number of hydrogen-bond acceptors (Lipinski definition) is 3. The largest absolute Gasteiger partial charge is 0.433 e. The zero-order chi connectivity index (χ0) is 28.2. The van der Waals surface area contributed by atoms with Crippen LogP contribution in [0.3, 0.4) is 0 Å². The van der Waals surface area contributed by atoms with Crippen LogP contribution in [0.2, 0.25) is 5.02 Å². The molecule has 39 heavy (non-hydrogen) atoms. The quantitative estimate of drug-likeness (QED) is 0.230. The Morgan fingerprint density at radius 3 is 2.03 bits per heavy atom. The standard InChI is InChI=1S/C28H18ClF6N3O/c1-38-14-13-36-25(38)26(39,17-7-10-19(29)11-8-17)18-9-12-21-20(15-18)23(27(30,31)32)22(16-5-3-2-4-6-16)24(37-21)28(33,34)35/h2-15,39H,1H3. The van der Waals surface area contributed by atoms with Crippen LogP contribution in [-0.2, 0) is 25.0 Å². The summed E-state index contributed by atoms with van der Waals surface area (Å²) in [6.07, 6.45) is -7.42. The van der Waals surface area contributed by atoms with Crippen molar-refractivity contribution in [3.8, 4) is 11.1 Å². The van der Waals surface area contributed by atoms with Gasteiger partial charge in [0, 0.05) is 35.4 Å². The number of pyridine rings is 1. The van der Waals surface area contributed by atoms with E-state index in [4.69, 9.17) is 11.6 Å². The average Bonchev–Trinajstić information content (AvgIpc) is 3.33. The molecule has 5 rings (SSSR count). The Labute approximate surface area is 223 Å². The van der Waals surface area contributed by atoms with Gasteiger partial charge in [-0.15, -0.1) is 0 Å². The molecule has 11 heteroatoms. The highest BCUT2D eigenvalue weighted by atomic mass is 35.5. The van der Waals surface area contributed by atoms with Crippen molar-refractivity contribution in [2.24, 2.45) is 7.05 Å². The Morgan fingerprint density at radius 2 is 1.46 bits per heavy atom. The van der Waals surface area contributed by atoms with Gasteiger partial charge in [0.2, 0.25) is 0 Å². The molecular weight excluding hydrogens is 544 g/mol. The number of rotatable bonds is 4. The lowest BCUT2D eigenvalue weighted by Crippen LogP contribution is -2.32. The average molecular weight is 562 g/mol. The van der Waals surface area contributed by atoms with Gasteiger partial charge in [-0.25, -0.2) is 9.97 Å². The SMILES string of the molecule is Cn1ccnc1C(O)(c1ccc(Cl)cc1)c1ccc2nc(C(F)(F)F)c(-c3ccccc3)c(C(F)(F)F)c2c1. The Bertz CT molecular complexity index is 1660. The third-order valence-corrected chi connectivity index (χ3v) is 6.68. The van der Waals surface area contributed by atoms with E-state index in [2.05, 4.69) is 9.97 Å². The minimum atomic E-state index is -5.20. The minimum absolute atomic E-state index is 0.0577. The molecule has 0 saturated heterocycles. The first kappa shape index (κ1) is 26.7. The topological polar surface area (TPSA) is 50.9 Å². The van der Waals surface area contributed by atoms with Gasteiger partial charge in [-0.3, -0.25) is 0 Å². The molecular formula is C28H18ClF6N3O. The molecule has 0 saturated carbocycles. The molecule has 200 valence electrons. The maximum absolute atomic E-state index is 14.7. The van der Waals surface area contributed by atoms with Crippen molar-refractivity contribution in [2.75, 3.05) is 0 Å². The number of nitrogens with zero attached hydrogens (tertiary/aromatic N) is 3. The fraction of sp³-hybridized carbons (Fsp3) is 0.143. The third-order valence-electron chi connectivity index (χ3n) is 6.42. The molecule has 0 amide bonds. The number of alkyl halides is 6. The van der Waals surface area contributed by atoms with Gasteiger partial charge in [0.25, 0.3) is 0 Å². The van der Waals surface area contributed by atoms with Gasteiger partial charge in [0.05, 0.1) is 11.1 Å². The Morgan fingerprint density at radius 1 is 0.821 bits per heavy atom. The van der Waals surface area contributed by atoms with Crippen molar-refractivity contribution in [3.05, 3.63) is 118 Å². The second-order valence-corrected chi connectivity index (χ2v) is 9.32. The van der Waals surface area contributed by atoms with E-state index in [0.29, 0.717) is 5.02 Å². The molecule has 1 N–H and O–H groups in total. The molecule has 0 radical (unpaired) electrons. The molecule has 0 bridgehead atoms. The summed E-state index contributed by atoms with van der Waals surface area (Å²) >= 11 is 6.01. The predicted molar refractivity (Wildman–Crippen MR) is 134 cm³/mol. The second-order valence-electron chi connectivity index (χ2n) is 8.88. The van der Waals surface area contributed by atoms with E-state index in [0.717, 1.165) is 24.3 Å². The van der Waals surface area contributed by atoms with Crippen molar-refractivity contribution in [1.82, 2.24) is 14.5 Å². The summed E-state index contributed by atoms with van der Waals surface area (Å²) in [6.45, 7) is 0. The van der Waals surface area contributed by atoms with Crippen molar-refractivity contribution in [3.63, 3.8) is 0 Å². The maximum atomic E-state index is 14.7. The van der Waals surface area contributed by atoms with E-state index >= 15 is 0 Å². The molecule has 3 aromatic carbocycles. The normalized spacial score (nSPS) is 14.0. The summed E-state index contributed by atoms with van der Waals surface area (Å²) < 4.78 is 87.8. The first-order valence-electron chi connectivity index (χ1n) is 11.5. The number of benzene rings is 3. The summed E-state index contributed by atoms with van der Waals surface area (Å²) in [5.74, 6) is 0.0703. The van der Waals surface area contributed by atoms with Crippen LogP contribution in [0.25, 0.3) is 22.0 Å². The molecule has 5 aromatic rings. The fourth-order valence-corrected chi connectivity index (χ4v) is 4.83. The lowest BCUT2D eigenvalue weighted by Gasteiger charge is -2.30. The van der Waals surface area contributed by atoms with Crippen molar-refractivity contribution in [1.29, 1.82) is 0 Å². The minimum Gasteiger partial charge on any atom is -0.373 e. The van der Waals surface area contributed by atoms with Gasteiger partial charge < -0.3 is 9.67 Å². The molecule has 0 spiro atoms. The van der Waals surface area contributed by atoms with E-state index in [1.165, 1.54) is 59.3 Å². The van der Waals surface area contributed by atoms with Crippen molar-refractivity contribution < 1.29 is 31.4 Å². The van der Waals surface area contributed by atoms with Gasteiger partial charge in [0.1, 0.15) is 5.82 Å². The number of aromatic nitrogens is 3. The number of fused-ring (bicyclic) bond motifs is 1. The van der Waals surface area contributed by atoms with E-state index in [1.54, 1.807) is 13.2 Å². The maximum Gasteiger partial charge on any atom is 0.433 e. The van der Waals surface area contributed by atoms with Crippen molar-refractivity contribution >= 4 is 22.5 Å². The number of aliphatic hydroxyl groups is 1. The number of halogens is 7. The molecule has 1 unspecified atom stereocenters. The molecule has 0 fully saturated rings. The highest BCUT2D eigenvalue weighted by Gasteiger charge is 2.45. The number of aryl methyl sites for hydroxylation is 1. The van der Waals surface area contributed by atoms with Crippen LogP contribution < -0.4 is 0 Å². The van der Waals surface area contributed by atoms with Gasteiger partial charge in [-0.2, -0.15) is 26.3 Å². The summed E-state index contributed by atoms with van der Waals surface area (Å²) in [7, 11) is 1.59. The van der Waals surface area contributed by atoms with Crippen LogP contribution in [0, 0.1) is 0 Å². The van der Waals surface area contributed by atoms with Crippen molar-refractivity contribution in [2.45, 2.75) is 18.0 Å². The molecule has 2 aromatic heterocycles. The smallest absolute Gasteiger partial charge is 0.373 e. The molecule has 0 aliphatic carbocycles. The van der Waals surface area contributed by atoms with Crippen LogP contribution in [0.5, 0.6) is 0 Å². The first-order valence-corrected chi connectivity index (χ1v) is 11.8. The molecule has 4 nitrogen and oxygen atoms in total. The van der Waals surface area contributed by atoms with Gasteiger partial charge >= 0.3 is 12.4 Å². The lowest BCUT2D eigenvalue weighted by atomic mass is 9.83. The van der Waals surface area contributed by atoms with Crippen LogP contribution in [0.15, 0.2) is 85.2 Å². The molecule has 1 atom stereocenters. The van der Waals surface area contributed by atoms with E-state index in [9.17, 15) is 31.4 Å². The summed E-state index contributed by atoms with van der Waals surface area (Å²) in [6, 6.07) is 15.8. The van der Waals surface area contributed by atoms with E-state index in [-0.39, 0.29) is 22.5 Å². The fourth-order valence-electron chi connectivity index (χ4n) is 4.70. The number of hydrogen-bond donors (Lipinski definition) is 1. The van der Waals surface area contributed by atoms with E-state index in [1.807, 2.05) is 0 Å². The highest BCUT2D eigenvalue weighted by molar-refractivity contribution is 6.30. The summed E-state index contributed by atoms with van der Waals surface area (Å²) in [5, 5.41) is 11.9. The first-order chi connectivity index (χ1) is 18.3. The summed E-state index contributed by atoms with van der Waals surface area (Å²) in [4.78, 5) is 7.86. The molecule has 0 aliphatic rings. The Balaban J connectivity index is 1.91. The van der Waals surface area contributed by atoms with E-state index < -0.39 is 45.7 Å². The number of imidazole rings is 1. The Hall–Kier alpha value is -3.89. The zero-order valence-corrected chi connectivity index (χ0v) is 20.8. The third kappa shape index (κ3) is 4.63. The molecule has 2 heterocycles. The monoisotopic (exact) mass is 561 g/mol. The zero-order valence-electron chi connectivity index (χ0n) is 20.0. The summed E-state index contributed by atoms with van der Waals surface area (Å²) in [5.41, 5.74) is -6.99. The highest BCUT2D eigenvalue weighted by Crippen LogP contribution is 2.48. The van der Waals surface area contributed by atoms with Crippen LogP contribution in [0.4, 0.5) is 26.3 Å². The predicted octanol–water partition coefficient (Wildman–Crippen LogP) is 7.61. The molecule has 0 aliphatic heterocycles. The second kappa shape index (κ2) is 9.39. The van der Waals surface area contributed by atoms with Gasteiger partial charge in [0.15, 0.2) is 11.3 Å². The van der Waals surface area contributed by atoms with Crippen LogP contribution in [-0.4, -0.2) is 19.6 Å². The lowest BCUT2D eigenvalue weighted by molar-refractivity contribution is -0.143. The Kier molecular flexibility index (Phi) is 6.43. The van der Waals surface area contributed by atoms with Crippen LogP contribution >= 0.6 is 11.6 Å². The van der Waals surface area contributed by atoms with Gasteiger partial charge in [-0.1, -0.05) is 60.1 Å². The van der Waals surface area contributed by atoms with Gasteiger partial charge in [-0.05, 0) is 41.0 Å².